The van der Waals surface area contributed by atoms with Crippen LogP contribution in [0, 0.1) is 5.92 Å². The summed E-state index contributed by atoms with van der Waals surface area (Å²) in [7, 11) is 0. The summed E-state index contributed by atoms with van der Waals surface area (Å²) < 4.78 is 12.2. The van der Waals surface area contributed by atoms with E-state index in [1.54, 1.807) is 4.90 Å². The molecule has 162 valence electrons. The van der Waals surface area contributed by atoms with Gasteiger partial charge in [0.1, 0.15) is 11.3 Å². The molecule has 1 aromatic carbocycles. The number of carbonyl (C=O) groups is 1. The maximum atomic E-state index is 13.1. The SMILES string of the molecule is C=C(CCC(C)C)C[C@@H]1OC(C)(C)N(C(=O)OC(C)(C)C)[C@H]1Cc1ccccc1. The van der Waals surface area contributed by atoms with Crippen molar-refractivity contribution in [2.24, 2.45) is 5.92 Å². The average Bonchev–Trinajstić information content (AvgIpc) is 2.82. The largest absolute Gasteiger partial charge is 0.444 e. The zero-order valence-corrected chi connectivity index (χ0v) is 19.3. The minimum Gasteiger partial charge on any atom is -0.444 e. The van der Waals surface area contributed by atoms with E-state index in [1.807, 2.05) is 52.8 Å². The van der Waals surface area contributed by atoms with E-state index >= 15 is 0 Å². The second-order valence-corrected chi connectivity index (χ2v) is 10.1. The van der Waals surface area contributed by atoms with Crippen LogP contribution in [0.3, 0.4) is 0 Å². The van der Waals surface area contributed by atoms with Crippen molar-refractivity contribution in [2.75, 3.05) is 0 Å². The lowest BCUT2D eigenvalue weighted by atomic mass is 9.93. The quantitative estimate of drug-likeness (QED) is 0.500. The lowest BCUT2D eigenvalue weighted by Gasteiger charge is -2.35. The Morgan fingerprint density at radius 3 is 2.41 bits per heavy atom. The van der Waals surface area contributed by atoms with E-state index in [4.69, 9.17) is 9.47 Å². The standard InChI is InChI=1S/C25H39NO3/c1-18(2)14-15-19(3)16-22-21(17-20-12-10-9-11-13-20)26(25(7,8)28-22)23(27)29-24(4,5)6/h9-13,18,21-22H,3,14-17H2,1-2,4-8H3/t21-,22-/m0/s1. The fourth-order valence-corrected chi connectivity index (χ4v) is 3.87. The van der Waals surface area contributed by atoms with E-state index < -0.39 is 11.3 Å². The summed E-state index contributed by atoms with van der Waals surface area (Å²) in [5.41, 5.74) is 1.09. The van der Waals surface area contributed by atoms with E-state index in [9.17, 15) is 4.79 Å². The van der Waals surface area contributed by atoms with Crippen LogP contribution in [0.1, 0.15) is 73.3 Å². The van der Waals surface area contributed by atoms with Gasteiger partial charge in [0, 0.05) is 0 Å². The monoisotopic (exact) mass is 401 g/mol. The Bertz CT molecular complexity index is 688. The van der Waals surface area contributed by atoms with Crippen LogP contribution in [0.25, 0.3) is 0 Å². The van der Waals surface area contributed by atoms with Gasteiger partial charge in [0.05, 0.1) is 12.1 Å². The molecule has 1 aliphatic rings. The van der Waals surface area contributed by atoms with Crippen molar-refractivity contribution in [1.29, 1.82) is 0 Å². The van der Waals surface area contributed by atoms with E-state index in [0.717, 1.165) is 25.7 Å². The van der Waals surface area contributed by atoms with Crippen molar-refractivity contribution in [1.82, 2.24) is 4.90 Å². The third-order valence-electron chi connectivity index (χ3n) is 5.22. The summed E-state index contributed by atoms with van der Waals surface area (Å²) in [6.45, 7) is 18.3. The first-order valence-electron chi connectivity index (χ1n) is 10.8. The molecule has 1 aliphatic heterocycles. The molecule has 0 saturated carbocycles. The molecule has 0 bridgehead atoms. The molecule has 2 atom stereocenters. The van der Waals surface area contributed by atoms with Gasteiger partial charge in [-0.05, 0) is 71.8 Å². The summed E-state index contributed by atoms with van der Waals surface area (Å²) in [5, 5.41) is 0. The van der Waals surface area contributed by atoms with E-state index in [-0.39, 0.29) is 18.2 Å². The highest BCUT2D eigenvalue weighted by Crippen LogP contribution is 2.38. The molecule has 0 N–H and O–H groups in total. The second kappa shape index (κ2) is 9.34. The van der Waals surface area contributed by atoms with E-state index in [1.165, 1.54) is 11.1 Å². The summed E-state index contributed by atoms with van der Waals surface area (Å²) in [6.07, 6.45) is 3.17. The number of amides is 1. The predicted molar refractivity (Wildman–Crippen MR) is 119 cm³/mol. The number of hydrogen-bond acceptors (Lipinski definition) is 3. The molecule has 0 unspecified atom stereocenters. The van der Waals surface area contributed by atoms with Gasteiger partial charge in [-0.2, -0.15) is 0 Å². The fourth-order valence-electron chi connectivity index (χ4n) is 3.87. The molecule has 0 radical (unpaired) electrons. The number of ether oxygens (including phenoxy) is 2. The molecule has 2 rings (SSSR count). The van der Waals surface area contributed by atoms with Gasteiger partial charge in [0.15, 0.2) is 0 Å². The van der Waals surface area contributed by atoms with Gasteiger partial charge < -0.3 is 9.47 Å². The fraction of sp³-hybridized carbons (Fsp3) is 0.640. The summed E-state index contributed by atoms with van der Waals surface area (Å²) >= 11 is 0. The highest BCUT2D eigenvalue weighted by atomic mass is 16.6. The van der Waals surface area contributed by atoms with Crippen LogP contribution in [-0.2, 0) is 15.9 Å². The minimum absolute atomic E-state index is 0.0990. The molecule has 29 heavy (non-hydrogen) atoms. The van der Waals surface area contributed by atoms with Crippen LogP contribution in [0.5, 0.6) is 0 Å². The Balaban J connectivity index is 2.26. The number of carbonyl (C=O) groups excluding carboxylic acids is 1. The highest BCUT2D eigenvalue weighted by molar-refractivity contribution is 5.70. The molecule has 4 heteroatoms. The second-order valence-electron chi connectivity index (χ2n) is 10.1. The topological polar surface area (TPSA) is 38.8 Å². The zero-order valence-electron chi connectivity index (χ0n) is 19.3. The minimum atomic E-state index is -0.731. The molecule has 0 aromatic heterocycles. The zero-order chi connectivity index (χ0) is 21.8. The van der Waals surface area contributed by atoms with Crippen LogP contribution in [0.15, 0.2) is 42.5 Å². The molecule has 1 saturated heterocycles. The van der Waals surface area contributed by atoms with Crippen LogP contribution < -0.4 is 0 Å². The van der Waals surface area contributed by atoms with Crippen molar-refractivity contribution in [3.8, 4) is 0 Å². The Morgan fingerprint density at radius 2 is 1.86 bits per heavy atom. The average molecular weight is 402 g/mol. The first-order valence-corrected chi connectivity index (χ1v) is 10.8. The number of nitrogens with zero attached hydrogens (tertiary/aromatic N) is 1. The molecule has 0 aliphatic carbocycles. The Hall–Kier alpha value is -1.81. The van der Waals surface area contributed by atoms with E-state index in [2.05, 4.69) is 32.6 Å². The Labute approximate surface area is 177 Å². The summed E-state index contributed by atoms with van der Waals surface area (Å²) in [5.74, 6) is 0.645. The maximum absolute atomic E-state index is 13.1. The van der Waals surface area contributed by atoms with Crippen LogP contribution in [0.4, 0.5) is 4.79 Å². The van der Waals surface area contributed by atoms with Gasteiger partial charge in [-0.1, -0.05) is 56.3 Å². The number of rotatable bonds is 7. The first-order chi connectivity index (χ1) is 13.4. The third-order valence-corrected chi connectivity index (χ3v) is 5.22. The molecule has 1 heterocycles. The first kappa shape index (κ1) is 23.5. The highest BCUT2D eigenvalue weighted by Gasteiger charge is 2.50. The van der Waals surface area contributed by atoms with Crippen molar-refractivity contribution >= 4 is 6.09 Å². The van der Waals surface area contributed by atoms with Gasteiger partial charge in [-0.3, -0.25) is 4.90 Å². The van der Waals surface area contributed by atoms with Crippen molar-refractivity contribution < 1.29 is 14.3 Å². The molecule has 1 fully saturated rings. The third kappa shape index (κ3) is 6.88. The number of hydrogen-bond donors (Lipinski definition) is 0. The normalized spacial score (nSPS) is 21.4. The lowest BCUT2D eigenvalue weighted by molar-refractivity contribution is -0.0785. The van der Waals surface area contributed by atoms with Crippen molar-refractivity contribution in [2.45, 2.75) is 97.6 Å². The molecule has 4 nitrogen and oxygen atoms in total. The Kier molecular flexibility index (Phi) is 7.56. The van der Waals surface area contributed by atoms with Gasteiger partial charge >= 0.3 is 6.09 Å². The molecule has 1 amide bonds. The molecular weight excluding hydrogens is 362 g/mol. The van der Waals surface area contributed by atoms with Crippen LogP contribution in [-0.4, -0.2) is 34.5 Å². The maximum Gasteiger partial charge on any atom is 0.412 e. The van der Waals surface area contributed by atoms with Crippen LogP contribution in [0.2, 0.25) is 0 Å². The molecular formula is C25H39NO3. The van der Waals surface area contributed by atoms with Gasteiger partial charge in [0.25, 0.3) is 0 Å². The van der Waals surface area contributed by atoms with Gasteiger partial charge in [-0.25, -0.2) is 4.79 Å². The van der Waals surface area contributed by atoms with Crippen LogP contribution >= 0.6 is 0 Å². The predicted octanol–water partition coefficient (Wildman–Crippen LogP) is 6.35. The summed E-state index contributed by atoms with van der Waals surface area (Å²) in [6, 6.07) is 10.2. The van der Waals surface area contributed by atoms with Gasteiger partial charge in [0.2, 0.25) is 0 Å². The smallest absolute Gasteiger partial charge is 0.412 e. The summed E-state index contributed by atoms with van der Waals surface area (Å²) in [4.78, 5) is 14.9. The van der Waals surface area contributed by atoms with Gasteiger partial charge in [-0.15, -0.1) is 0 Å². The number of benzene rings is 1. The van der Waals surface area contributed by atoms with Crippen molar-refractivity contribution in [3.63, 3.8) is 0 Å². The van der Waals surface area contributed by atoms with E-state index in [0.29, 0.717) is 5.92 Å². The Morgan fingerprint density at radius 1 is 1.24 bits per heavy atom. The van der Waals surface area contributed by atoms with Crippen molar-refractivity contribution in [3.05, 3.63) is 48.0 Å². The molecule has 1 aromatic rings. The molecule has 0 spiro atoms. The lowest BCUT2D eigenvalue weighted by Crippen LogP contribution is -2.51.